The molecular formula is C23H29FN4O2. The van der Waals surface area contributed by atoms with Crippen LogP contribution in [0.4, 0.5) is 10.1 Å². The van der Waals surface area contributed by atoms with Crippen molar-refractivity contribution >= 4 is 17.5 Å². The summed E-state index contributed by atoms with van der Waals surface area (Å²) in [5.74, 6) is -0.495. The largest absolute Gasteiger partial charge is 0.355 e. The Kier molecular flexibility index (Phi) is 8.35. The quantitative estimate of drug-likeness (QED) is 0.620. The van der Waals surface area contributed by atoms with Gasteiger partial charge in [0, 0.05) is 38.4 Å². The molecule has 0 atom stereocenters. The lowest BCUT2D eigenvalue weighted by Gasteiger charge is -2.33. The fraction of sp³-hybridized carbons (Fsp3) is 0.391. The fourth-order valence-corrected chi connectivity index (χ4v) is 3.50. The molecule has 0 saturated carbocycles. The van der Waals surface area contributed by atoms with Crippen LogP contribution in [0.3, 0.4) is 0 Å². The number of hydrogen-bond acceptors (Lipinski definition) is 4. The average molecular weight is 413 g/mol. The van der Waals surface area contributed by atoms with E-state index in [4.69, 9.17) is 0 Å². The molecule has 160 valence electrons. The van der Waals surface area contributed by atoms with E-state index in [0.29, 0.717) is 18.8 Å². The predicted molar refractivity (Wildman–Crippen MR) is 116 cm³/mol. The first kappa shape index (κ1) is 21.9. The van der Waals surface area contributed by atoms with Crippen molar-refractivity contribution in [2.75, 3.05) is 51.1 Å². The van der Waals surface area contributed by atoms with Crippen molar-refractivity contribution in [3.05, 3.63) is 66.0 Å². The van der Waals surface area contributed by atoms with E-state index in [1.807, 2.05) is 23.1 Å². The van der Waals surface area contributed by atoms with Gasteiger partial charge in [-0.2, -0.15) is 0 Å². The van der Waals surface area contributed by atoms with Gasteiger partial charge in [0.2, 0.25) is 11.8 Å². The number of rotatable bonds is 9. The smallest absolute Gasteiger partial charge is 0.238 e. The van der Waals surface area contributed by atoms with Crippen molar-refractivity contribution in [2.24, 2.45) is 0 Å². The van der Waals surface area contributed by atoms with Gasteiger partial charge in [0.05, 0.1) is 13.1 Å². The fourth-order valence-electron chi connectivity index (χ4n) is 3.50. The van der Waals surface area contributed by atoms with Crippen LogP contribution >= 0.6 is 0 Å². The zero-order valence-electron chi connectivity index (χ0n) is 17.1. The van der Waals surface area contributed by atoms with Crippen LogP contribution in [0.5, 0.6) is 0 Å². The Morgan fingerprint density at radius 2 is 1.53 bits per heavy atom. The molecule has 1 heterocycles. The van der Waals surface area contributed by atoms with Crippen LogP contribution < -0.4 is 10.6 Å². The summed E-state index contributed by atoms with van der Waals surface area (Å²) in [6, 6.07) is 16.1. The van der Waals surface area contributed by atoms with Crippen LogP contribution in [0.25, 0.3) is 0 Å². The first-order chi connectivity index (χ1) is 14.6. The first-order valence-electron chi connectivity index (χ1n) is 10.4. The molecule has 0 unspecified atom stereocenters. The minimum Gasteiger partial charge on any atom is -0.355 e. The molecule has 1 aliphatic heterocycles. The number of anilines is 1. The summed E-state index contributed by atoms with van der Waals surface area (Å²) in [5.41, 5.74) is 1.74. The van der Waals surface area contributed by atoms with E-state index in [-0.39, 0.29) is 24.2 Å². The maximum Gasteiger partial charge on any atom is 0.238 e. The average Bonchev–Trinajstić information content (AvgIpc) is 2.73. The van der Waals surface area contributed by atoms with Gasteiger partial charge >= 0.3 is 0 Å². The number of benzene rings is 2. The van der Waals surface area contributed by atoms with E-state index in [9.17, 15) is 14.0 Å². The van der Waals surface area contributed by atoms with Gasteiger partial charge in [-0.15, -0.1) is 0 Å². The van der Waals surface area contributed by atoms with E-state index < -0.39 is 0 Å². The number of nitrogens with zero attached hydrogens (tertiary/aromatic N) is 2. The standard InChI is InChI=1S/C23H29FN4O2/c24-20-9-4-10-21(16-20)26-23(30)18-28-14-12-27(13-15-28)17-22(29)25-11-5-8-19-6-2-1-3-7-19/h1-4,6-7,9-10,16H,5,8,11-15,17-18H2,(H,25,29)(H,26,30). The molecule has 2 aromatic rings. The van der Waals surface area contributed by atoms with Crippen molar-refractivity contribution in [1.82, 2.24) is 15.1 Å². The summed E-state index contributed by atoms with van der Waals surface area (Å²) in [4.78, 5) is 28.4. The van der Waals surface area contributed by atoms with Gasteiger partial charge in [0.25, 0.3) is 0 Å². The predicted octanol–water partition coefficient (Wildman–Crippen LogP) is 2.13. The Balaban J connectivity index is 1.28. The van der Waals surface area contributed by atoms with E-state index in [2.05, 4.69) is 27.7 Å². The third kappa shape index (κ3) is 7.57. The zero-order valence-corrected chi connectivity index (χ0v) is 17.1. The Hall–Kier alpha value is -2.77. The monoisotopic (exact) mass is 412 g/mol. The van der Waals surface area contributed by atoms with E-state index in [1.165, 1.54) is 17.7 Å². The van der Waals surface area contributed by atoms with Gasteiger partial charge in [0.1, 0.15) is 5.82 Å². The minimum absolute atomic E-state index is 0.0420. The molecule has 1 saturated heterocycles. The molecule has 30 heavy (non-hydrogen) atoms. The topological polar surface area (TPSA) is 64.7 Å². The number of hydrogen-bond donors (Lipinski definition) is 2. The molecule has 0 aromatic heterocycles. The molecule has 2 aromatic carbocycles. The molecule has 1 aliphatic rings. The van der Waals surface area contributed by atoms with Gasteiger partial charge in [0.15, 0.2) is 0 Å². The zero-order chi connectivity index (χ0) is 21.2. The molecule has 0 aliphatic carbocycles. The summed E-state index contributed by atoms with van der Waals surface area (Å²) in [6.07, 6.45) is 1.88. The summed E-state index contributed by atoms with van der Waals surface area (Å²) < 4.78 is 13.2. The molecule has 0 radical (unpaired) electrons. The van der Waals surface area contributed by atoms with Gasteiger partial charge in [-0.05, 0) is 36.6 Å². The lowest BCUT2D eigenvalue weighted by molar-refractivity contribution is -0.123. The highest BCUT2D eigenvalue weighted by molar-refractivity contribution is 5.92. The second-order valence-corrected chi connectivity index (χ2v) is 7.55. The Bertz CT molecular complexity index is 823. The van der Waals surface area contributed by atoms with E-state index in [1.54, 1.807) is 12.1 Å². The number of nitrogens with one attached hydrogen (secondary N) is 2. The maximum atomic E-state index is 13.2. The van der Waals surface area contributed by atoms with Crippen molar-refractivity contribution in [3.8, 4) is 0 Å². The molecule has 1 fully saturated rings. The van der Waals surface area contributed by atoms with E-state index in [0.717, 1.165) is 39.0 Å². The van der Waals surface area contributed by atoms with Gasteiger partial charge in [-0.25, -0.2) is 4.39 Å². The van der Waals surface area contributed by atoms with Crippen LogP contribution in [0.1, 0.15) is 12.0 Å². The van der Waals surface area contributed by atoms with Crippen LogP contribution in [-0.2, 0) is 16.0 Å². The molecule has 0 spiro atoms. The highest BCUT2D eigenvalue weighted by atomic mass is 19.1. The number of halogens is 1. The highest BCUT2D eigenvalue weighted by Gasteiger charge is 2.20. The molecule has 2 amide bonds. The third-order valence-electron chi connectivity index (χ3n) is 5.11. The van der Waals surface area contributed by atoms with Crippen LogP contribution in [0, 0.1) is 5.82 Å². The van der Waals surface area contributed by atoms with Crippen molar-refractivity contribution in [3.63, 3.8) is 0 Å². The summed E-state index contributed by atoms with van der Waals surface area (Å²) >= 11 is 0. The van der Waals surface area contributed by atoms with Gasteiger partial charge < -0.3 is 10.6 Å². The SMILES string of the molecule is O=C(CN1CCN(CC(=O)Nc2cccc(F)c2)CC1)NCCCc1ccccc1. The Morgan fingerprint density at radius 3 is 2.20 bits per heavy atom. The Morgan fingerprint density at radius 1 is 0.867 bits per heavy atom. The van der Waals surface area contributed by atoms with Crippen LogP contribution in [0.15, 0.2) is 54.6 Å². The minimum atomic E-state index is -0.375. The second kappa shape index (κ2) is 11.4. The highest BCUT2D eigenvalue weighted by Crippen LogP contribution is 2.09. The molecule has 0 bridgehead atoms. The molecule has 2 N–H and O–H groups in total. The number of carbonyl (C=O) groups excluding carboxylic acids is 2. The number of piperazine rings is 1. The third-order valence-corrected chi connectivity index (χ3v) is 5.11. The maximum absolute atomic E-state index is 13.2. The summed E-state index contributed by atoms with van der Waals surface area (Å²) in [6.45, 7) is 4.24. The lowest BCUT2D eigenvalue weighted by Crippen LogP contribution is -2.51. The van der Waals surface area contributed by atoms with Crippen molar-refractivity contribution in [1.29, 1.82) is 0 Å². The Labute approximate surface area is 177 Å². The summed E-state index contributed by atoms with van der Waals surface area (Å²) in [5, 5.41) is 5.70. The molecule has 3 rings (SSSR count). The number of amides is 2. The first-order valence-corrected chi connectivity index (χ1v) is 10.4. The van der Waals surface area contributed by atoms with Crippen molar-refractivity contribution in [2.45, 2.75) is 12.8 Å². The van der Waals surface area contributed by atoms with Gasteiger partial charge in [-0.1, -0.05) is 36.4 Å². The summed E-state index contributed by atoms with van der Waals surface area (Å²) in [7, 11) is 0. The van der Waals surface area contributed by atoms with Crippen molar-refractivity contribution < 1.29 is 14.0 Å². The lowest BCUT2D eigenvalue weighted by atomic mass is 10.1. The number of carbonyl (C=O) groups is 2. The molecule has 6 nitrogen and oxygen atoms in total. The van der Waals surface area contributed by atoms with Crippen LogP contribution in [0.2, 0.25) is 0 Å². The molecule has 7 heteroatoms. The van der Waals surface area contributed by atoms with Gasteiger partial charge in [-0.3, -0.25) is 19.4 Å². The second-order valence-electron chi connectivity index (χ2n) is 7.55. The van der Waals surface area contributed by atoms with E-state index >= 15 is 0 Å². The normalized spacial score (nSPS) is 15.0. The molecular weight excluding hydrogens is 383 g/mol. The van der Waals surface area contributed by atoms with Crippen LogP contribution in [-0.4, -0.2) is 67.4 Å². The number of aryl methyl sites for hydroxylation is 1.